The Labute approximate surface area is 153 Å². The molecular formula is C21H21N3O2. The van der Waals surface area contributed by atoms with E-state index in [9.17, 15) is 4.79 Å². The Hall–Kier alpha value is -3.21. The van der Waals surface area contributed by atoms with Gasteiger partial charge in [-0.2, -0.15) is 0 Å². The third-order valence-corrected chi connectivity index (χ3v) is 3.70. The van der Waals surface area contributed by atoms with Crippen molar-refractivity contribution in [1.82, 2.24) is 15.3 Å². The lowest BCUT2D eigenvalue weighted by atomic mass is 10.1. The average molecular weight is 347 g/mol. The molecule has 5 heteroatoms. The van der Waals surface area contributed by atoms with E-state index in [1.165, 1.54) is 6.33 Å². The van der Waals surface area contributed by atoms with Crippen molar-refractivity contribution in [2.24, 2.45) is 5.92 Å². The number of carbonyl (C=O) groups is 1. The monoisotopic (exact) mass is 347 g/mol. The number of hydrogen-bond acceptors (Lipinski definition) is 4. The highest BCUT2D eigenvalue weighted by Crippen LogP contribution is 2.24. The first-order valence-electron chi connectivity index (χ1n) is 8.55. The van der Waals surface area contributed by atoms with E-state index in [0.717, 1.165) is 5.56 Å². The number of para-hydroxylation sites is 1. The molecule has 132 valence electrons. The van der Waals surface area contributed by atoms with E-state index in [1.807, 2.05) is 48.5 Å². The van der Waals surface area contributed by atoms with Crippen LogP contribution in [0.5, 0.6) is 11.6 Å². The predicted octanol–water partition coefficient (Wildman–Crippen LogP) is 4.32. The van der Waals surface area contributed by atoms with Gasteiger partial charge in [-0.05, 0) is 30.2 Å². The number of rotatable bonds is 6. The lowest BCUT2D eigenvalue weighted by molar-refractivity contribution is 0.0949. The molecule has 0 spiro atoms. The first-order chi connectivity index (χ1) is 12.6. The van der Waals surface area contributed by atoms with Crippen molar-refractivity contribution in [3.63, 3.8) is 0 Å². The Bertz CT molecular complexity index is 879. The van der Waals surface area contributed by atoms with Gasteiger partial charge in [-0.1, -0.05) is 44.2 Å². The fourth-order valence-corrected chi connectivity index (χ4v) is 2.38. The zero-order valence-corrected chi connectivity index (χ0v) is 14.8. The summed E-state index contributed by atoms with van der Waals surface area (Å²) in [7, 11) is 0. The van der Waals surface area contributed by atoms with E-state index in [2.05, 4.69) is 29.1 Å². The lowest BCUT2D eigenvalue weighted by Crippen LogP contribution is -2.27. The summed E-state index contributed by atoms with van der Waals surface area (Å²) in [5, 5.41) is 2.92. The maximum Gasteiger partial charge on any atom is 0.251 e. The summed E-state index contributed by atoms with van der Waals surface area (Å²) >= 11 is 0. The van der Waals surface area contributed by atoms with E-state index < -0.39 is 0 Å². The second kappa shape index (κ2) is 8.25. The molecule has 0 fully saturated rings. The first-order valence-corrected chi connectivity index (χ1v) is 8.55. The average Bonchev–Trinajstić information content (AvgIpc) is 2.67. The van der Waals surface area contributed by atoms with Crippen molar-refractivity contribution in [1.29, 1.82) is 0 Å². The molecule has 0 radical (unpaired) electrons. The zero-order valence-electron chi connectivity index (χ0n) is 14.8. The van der Waals surface area contributed by atoms with Gasteiger partial charge >= 0.3 is 0 Å². The van der Waals surface area contributed by atoms with Gasteiger partial charge in [0, 0.05) is 23.7 Å². The van der Waals surface area contributed by atoms with Gasteiger partial charge in [0.05, 0.1) is 5.69 Å². The number of nitrogens with zero attached hydrogens (tertiary/aromatic N) is 2. The van der Waals surface area contributed by atoms with Crippen LogP contribution in [0.2, 0.25) is 0 Å². The van der Waals surface area contributed by atoms with Crippen LogP contribution in [0, 0.1) is 5.92 Å². The standard InChI is InChI=1S/C21H21N3O2/c1-15(2)13-22-21(25)17-8-6-7-16(11-17)19-12-20(24-14-23-19)26-18-9-4-3-5-10-18/h3-12,14-15H,13H2,1-2H3,(H,22,25). The maximum atomic E-state index is 12.3. The van der Waals surface area contributed by atoms with E-state index in [1.54, 1.807) is 12.1 Å². The third-order valence-electron chi connectivity index (χ3n) is 3.70. The Balaban J connectivity index is 1.80. The molecule has 0 unspecified atom stereocenters. The molecule has 0 aliphatic rings. The topological polar surface area (TPSA) is 64.1 Å². The number of nitrogens with one attached hydrogen (secondary N) is 1. The number of hydrogen-bond donors (Lipinski definition) is 1. The van der Waals surface area contributed by atoms with E-state index >= 15 is 0 Å². The van der Waals surface area contributed by atoms with Crippen molar-refractivity contribution < 1.29 is 9.53 Å². The fraction of sp³-hybridized carbons (Fsp3) is 0.190. The third kappa shape index (κ3) is 4.66. The fourth-order valence-electron chi connectivity index (χ4n) is 2.38. The Morgan fingerprint density at radius 1 is 1.04 bits per heavy atom. The van der Waals surface area contributed by atoms with Crippen LogP contribution in [0.25, 0.3) is 11.3 Å². The van der Waals surface area contributed by atoms with Crippen LogP contribution in [-0.4, -0.2) is 22.4 Å². The van der Waals surface area contributed by atoms with E-state index in [0.29, 0.717) is 35.3 Å². The van der Waals surface area contributed by atoms with Gasteiger partial charge in [0.15, 0.2) is 0 Å². The summed E-state index contributed by atoms with van der Waals surface area (Å²) in [4.78, 5) is 20.7. The van der Waals surface area contributed by atoms with Gasteiger partial charge in [0.2, 0.25) is 5.88 Å². The van der Waals surface area contributed by atoms with E-state index in [-0.39, 0.29) is 5.91 Å². The molecule has 1 heterocycles. The summed E-state index contributed by atoms with van der Waals surface area (Å²) in [5.41, 5.74) is 2.14. The van der Waals surface area contributed by atoms with Crippen molar-refractivity contribution in [3.05, 3.63) is 72.6 Å². The molecule has 3 aromatic rings. The molecule has 0 aliphatic carbocycles. The van der Waals surface area contributed by atoms with Crippen LogP contribution in [0.1, 0.15) is 24.2 Å². The molecule has 26 heavy (non-hydrogen) atoms. The first kappa shape index (κ1) is 17.6. The van der Waals surface area contributed by atoms with Gasteiger partial charge in [0.25, 0.3) is 5.91 Å². The minimum atomic E-state index is -0.0876. The van der Waals surface area contributed by atoms with Crippen LogP contribution in [0.4, 0.5) is 0 Å². The Morgan fingerprint density at radius 2 is 1.85 bits per heavy atom. The van der Waals surface area contributed by atoms with Gasteiger partial charge < -0.3 is 10.1 Å². The number of amides is 1. The largest absolute Gasteiger partial charge is 0.439 e. The zero-order chi connectivity index (χ0) is 18.4. The molecule has 0 saturated heterocycles. The molecule has 5 nitrogen and oxygen atoms in total. The van der Waals surface area contributed by atoms with Crippen molar-refractivity contribution in [2.45, 2.75) is 13.8 Å². The Kier molecular flexibility index (Phi) is 5.59. The number of carbonyl (C=O) groups excluding carboxylic acids is 1. The second-order valence-electron chi connectivity index (χ2n) is 6.34. The van der Waals surface area contributed by atoms with Gasteiger partial charge in [-0.25, -0.2) is 9.97 Å². The van der Waals surface area contributed by atoms with Crippen molar-refractivity contribution in [3.8, 4) is 22.9 Å². The second-order valence-corrected chi connectivity index (χ2v) is 6.34. The summed E-state index contributed by atoms with van der Waals surface area (Å²) in [6, 6.07) is 18.6. The molecule has 3 rings (SSSR count). The quantitative estimate of drug-likeness (QED) is 0.721. The summed E-state index contributed by atoms with van der Waals surface area (Å²) < 4.78 is 5.75. The summed E-state index contributed by atoms with van der Waals surface area (Å²) in [6.07, 6.45) is 1.46. The molecule has 0 bridgehead atoms. The van der Waals surface area contributed by atoms with Gasteiger partial charge in [-0.15, -0.1) is 0 Å². The highest BCUT2D eigenvalue weighted by molar-refractivity contribution is 5.95. The lowest BCUT2D eigenvalue weighted by Gasteiger charge is -2.09. The maximum absolute atomic E-state index is 12.3. The molecule has 1 amide bonds. The molecule has 0 atom stereocenters. The summed E-state index contributed by atoms with van der Waals surface area (Å²) in [6.45, 7) is 4.77. The molecule has 0 saturated carbocycles. The number of ether oxygens (including phenoxy) is 1. The van der Waals surface area contributed by atoms with Crippen LogP contribution in [-0.2, 0) is 0 Å². The van der Waals surface area contributed by atoms with Gasteiger partial charge in [-0.3, -0.25) is 4.79 Å². The number of aromatic nitrogens is 2. The SMILES string of the molecule is CC(C)CNC(=O)c1cccc(-c2cc(Oc3ccccc3)ncn2)c1. The smallest absolute Gasteiger partial charge is 0.251 e. The predicted molar refractivity (Wildman–Crippen MR) is 101 cm³/mol. The molecule has 1 N–H and O–H groups in total. The van der Waals surface area contributed by atoms with Gasteiger partial charge in [0.1, 0.15) is 12.1 Å². The van der Waals surface area contributed by atoms with Crippen molar-refractivity contribution >= 4 is 5.91 Å². The van der Waals surface area contributed by atoms with Crippen molar-refractivity contribution in [2.75, 3.05) is 6.54 Å². The highest BCUT2D eigenvalue weighted by Gasteiger charge is 2.09. The molecular weight excluding hydrogens is 326 g/mol. The molecule has 2 aromatic carbocycles. The minimum Gasteiger partial charge on any atom is -0.439 e. The molecule has 0 aliphatic heterocycles. The minimum absolute atomic E-state index is 0.0876. The number of benzene rings is 2. The van der Waals surface area contributed by atoms with Crippen LogP contribution in [0.15, 0.2) is 67.0 Å². The van der Waals surface area contributed by atoms with Crippen LogP contribution >= 0.6 is 0 Å². The summed E-state index contributed by atoms with van der Waals surface area (Å²) in [5.74, 6) is 1.48. The molecule has 1 aromatic heterocycles. The Morgan fingerprint density at radius 3 is 2.62 bits per heavy atom. The van der Waals surface area contributed by atoms with Crippen LogP contribution in [0.3, 0.4) is 0 Å². The van der Waals surface area contributed by atoms with E-state index in [4.69, 9.17) is 4.74 Å². The normalized spacial score (nSPS) is 10.6. The van der Waals surface area contributed by atoms with Crippen LogP contribution < -0.4 is 10.1 Å². The highest BCUT2D eigenvalue weighted by atomic mass is 16.5.